The standard InChI is InChI=1S/C41H60ClN9O9/c1-32(28-50-31-43-30-46-50)60-39-25-33(3-8-37(39)42)34-26-44-41(45-27-34)47-38-29-51(36-6-4-35(5-7-36)49-9-11-53-12-10-49)48-40(38)59-24-23-58-22-21-57-20-19-56-18-17-55-16-15-54-14-13-52-2/h3,8,25-27,29-32,35-36H,4-7,9-24,28H2,1-2H3,(H,44,45,47)/t32-,35-,36-/m0/s1. The molecule has 60 heavy (non-hydrogen) atoms. The molecule has 330 valence electrons. The highest BCUT2D eigenvalue weighted by molar-refractivity contribution is 6.32. The van der Waals surface area contributed by atoms with Crippen LogP contribution in [0.15, 0.2) is 49.4 Å². The molecule has 18 nitrogen and oxygen atoms in total. The van der Waals surface area contributed by atoms with Crippen LogP contribution in [0.2, 0.25) is 5.02 Å². The number of methoxy groups -OCH3 is 1. The Morgan fingerprint density at radius 2 is 1.42 bits per heavy atom. The number of hydrogen-bond acceptors (Lipinski definition) is 16. The highest BCUT2D eigenvalue weighted by Crippen LogP contribution is 2.35. The van der Waals surface area contributed by atoms with Gasteiger partial charge in [0, 0.05) is 44.2 Å². The van der Waals surface area contributed by atoms with Crippen molar-refractivity contribution in [3.63, 3.8) is 0 Å². The highest BCUT2D eigenvalue weighted by atomic mass is 35.5. The molecule has 6 rings (SSSR count). The van der Waals surface area contributed by atoms with Crippen molar-refractivity contribution < 1.29 is 42.6 Å². The van der Waals surface area contributed by atoms with Crippen molar-refractivity contribution >= 4 is 23.2 Å². The number of nitrogens with one attached hydrogen (secondary N) is 1. The van der Waals surface area contributed by atoms with E-state index < -0.39 is 0 Å². The predicted octanol–water partition coefficient (Wildman–Crippen LogP) is 4.72. The van der Waals surface area contributed by atoms with Gasteiger partial charge in [-0.1, -0.05) is 17.7 Å². The first-order chi connectivity index (χ1) is 29.6. The lowest BCUT2D eigenvalue weighted by Gasteiger charge is -2.38. The van der Waals surface area contributed by atoms with E-state index >= 15 is 0 Å². The molecule has 1 saturated heterocycles. The van der Waals surface area contributed by atoms with E-state index in [0.29, 0.717) is 120 Å². The summed E-state index contributed by atoms with van der Waals surface area (Å²) in [6.45, 7) is 11.9. The molecule has 1 aliphatic heterocycles. The SMILES string of the molecule is COCCOCCOCCOCCOCCOCCOc1nn([C@H]2CC[C@H](N3CCOCC3)CC2)cc1Nc1ncc(-c2ccc(Cl)c(O[C@@H](C)Cn3cncn3)c2)cn1. The van der Waals surface area contributed by atoms with Crippen LogP contribution in [0.5, 0.6) is 11.6 Å². The zero-order valence-electron chi connectivity index (χ0n) is 34.8. The van der Waals surface area contributed by atoms with Gasteiger partial charge in [0.2, 0.25) is 5.95 Å². The van der Waals surface area contributed by atoms with Crippen molar-refractivity contribution in [2.75, 3.05) is 118 Å². The van der Waals surface area contributed by atoms with E-state index in [1.807, 2.05) is 36.0 Å². The van der Waals surface area contributed by atoms with Crippen molar-refractivity contribution in [1.29, 1.82) is 0 Å². The molecule has 1 atom stereocenters. The van der Waals surface area contributed by atoms with Gasteiger partial charge in [0.05, 0.1) is 110 Å². The molecule has 0 amide bonds. The lowest BCUT2D eigenvalue weighted by atomic mass is 9.90. The molecule has 0 bridgehead atoms. The number of halogens is 1. The van der Waals surface area contributed by atoms with E-state index in [1.165, 1.54) is 6.33 Å². The van der Waals surface area contributed by atoms with E-state index in [2.05, 4.69) is 30.3 Å². The average molecular weight is 858 g/mol. The van der Waals surface area contributed by atoms with Crippen molar-refractivity contribution in [2.24, 2.45) is 0 Å². The van der Waals surface area contributed by atoms with Gasteiger partial charge in [0.15, 0.2) is 0 Å². The average Bonchev–Trinajstić information content (AvgIpc) is 3.94. The van der Waals surface area contributed by atoms with Crippen LogP contribution in [0.25, 0.3) is 11.1 Å². The van der Waals surface area contributed by atoms with Crippen molar-refractivity contribution in [2.45, 2.75) is 57.3 Å². The summed E-state index contributed by atoms with van der Waals surface area (Å²) in [6.07, 6.45) is 12.8. The third-order valence-corrected chi connectivity index (χ3v) is 10.4. The minimum absolute atomic E-state index is 0.184. The molecular weight excluding hydrogens is 798 g/mol. The van der Waals surface area contributed by atoms with Gasteiger partial charge in [0.25, 0.3) is 5.88 Å². The number of morpholine rings is 1. The van der Waals surface area contributed by atoms with Gasteiger partial charge in [-0.2, -0.15) is 5.10 Å². The molecule has 2 fully saturated rings. The third kappa shape index (κ3) is 15.2. The quantitative estimate of drug-likeness (QED) is 0.0777. The fourth-order valence-electron chi connectivity index (χ4n) is 6.99. The Balaban J connectivity index is 0.963. The molecule has 2 aliphatic rings. The maximum atomic E-state index is 6.50. The van der Waals surface area contributed by atoms with Crippen molar-refractivity contribution in [3.8, 4) is 22.8 Å². The van der Waals surface area contributed by atoms with Gasteiger partial charge in [-0.25, -0.2) is 19.6 Å². The fraction of sp³-hybridized carbons (Fsp3) is 0.634. The van der Waals surface area contributed by atoms with Crippen LogP contribution in [-0.2, 0) is 39.7 Å². The van der Waals surface area contributed by atoms with Gasteiger partial charge >= 0.3 is 0 Å². The second-order valence-corrected chi connectivity index (χ2v) is 14.9. The van der Waals surface area contributed by atoms with Crippen LogP contribution in [0.1, 0.15) is 38.6 Å². The molecule has 1 saturated carbocycles. The number of anilines is 2. The summed E-state index contributed by atoms with van der Waals surface area (Å²) in [7, 11) is 1.65. The highest BCUT2D eigenvalue weighted by Gasteiger charge is 2.29. The van der Waals surface area contributed by atoms with Crippen molar-refractivity contribution in [3.05, 3.63) is 54.5 Å². The van der Waals surface area contributed by atoms with Gasteiger partial charge in [-0.15, -0.1) is 5.10 Å². The normalized spacial score (nSPS) is 17.8. The number of ether oxygens (including phenoxy) is 9. The monoisotopic (exact) mass is 857 g/mol. The van der Waals surface area contributed by atoms with E-state index in [1.54, 1.807) is 30.5 Å². The van der Waals surface area contributed by atoms with Crippen molar-refractivity contribution in [1.82, 2.24) is 39.4 Å². The lowest BCUT2D eigenvalue weighted by molar-refractivity contribution is -0.0160. The Bertz CT molecular complexity index is 1760. The second kappa shape index (κ2) is 25.7. The van der Waals surface area contributed by atoms with E-state index in [-0.39, 0.29) is 12.1 Å². The Hall–Kier alpha value is -3.98. The fourth-order valence-corrected chi connectivity index (χ4v) is 7.15. The zero-order valence-corrected chi connectivity index (χ0v) is 35.6. The maximum Gasteiger partial charge on any atom is 0.257 e. The maximum absolute atomic E-state index is 6.50. The molecule has 4 aromatic rings. The molecule has 1 N–H and O–H groups in total. The molecule has 0 unspecified atom stereocenters. The van der Waals surface area contributed by atoms with E-state index in [4.69, 9.17) is 59.3 Å². The Morgan fingerprint density at radius 1 is 0.800 bits per heavy atom. The topological polar surface area (TPSA) is 173 Å². The number of hydrogen-bond donors (Lipinski definition) is 1. The summed E-state index contributed by atoms with van der Waals surface area (Å²) in [6, 6.07) is 6.46. The summed E-state index contributed by atoms with van der Waals surface area (Å²) in [5, 5.41) is 12.9. The smallest absolute Gasteiger partial charge is 0.257 e. The van der Waals surface area contributed by atoms with E-state index in [0.717, 1.165) is 63.1 Å². The van der Waals surface area contributed by atoms with Crippen LogP contribution in [0.4, 0.5) is 11.6 Å². The summed E-state index contributed by atoms with van der Waals surface area (Å²) < 4.78 is 54.4. The van der Waals surface area contributed by atoms with Gasteiger partial charge in [-0.05, 0) is 50.3 Å². The van der Waals surface area contributed by atoms with Crippen LogP contribution < -0.4 is 14.8 Å². The minimum atomic E-state index is -0.184. The molecule has 4 heterocycles. The number of rotatable bonds is 28. The van der Waals surface area contributed by atoms with E-state index in [9.17, 15) is 0 Å². The summed E-state index contributed by atoms with van der Waals surface area (Å²) >= 11 is 6.50. The first-order valence-corrected chi connectivity index (χ1v) is 21.2. The molecule has 1 aliphatic carbocycles. The zero-order chi connectivity index (χ0) is 41.6. The van der Waals surface area contributed by atoms with Gasteiger partial charge < -0.3 is 47.9 Å². The second-order valence-electron chi connectivity index (χ2n) is 14.5. The molecule has 3 aromatic heterocycles. The summed E-state index contributed by atoms with van der Waals surface area (Å²) in [5.41, 5.74) is 2.37. The first kappa shape index (κ1) is 45.5. The third-order valence-electron chi connectivity index (χ3n) is 10.1. The predicted molar refractivity (Wildman–Crippen MR) is 223 cm³/mol. The summed E-state index contributed by atoms with van der Waals surface area (Å²) in [5.74, 6) is 1.45. The first-order valence-electron chi connectivity index (χ1n) is 20.8. The lowest BCUT2D eigenvalue weighted by Crippen LogP contribution is -2.45. The van der Waals surface area contributed by atoms with Gasteiger partial charge in [0.1, 0.15) is 36.8 Å². The molecule has 1 aromatic carbocycles. The van der Waals surface area contributed by atoms with Crippen LogP contribution >= 0.6 is 11.6 Å². The summed E-state index contributed by atoms with van der Waals surface area (Å²) in [4.78, 5) is 15.8. The number of aromatic nitrogens is 7. The molecular formula is C41H60ClN9O9. The Labute approximate surface area is 357 Å². The molecule has 0 spiro atoms. The number of benzene rings is 1. The Morgan fingerprint density at radius 3 is 2.03 bits per heavy atom. The minimum Gasteiger partial charge on any atom is -0.487 e. The molecule has 19 heteroatoms. The van der Waals surface area contributed by atoms with Crippen LogP contribution in [-0.4, -0.2) is 164 Å². The van der Waals surface area contributed by atoms with Crippen LogP contribution in [0.3, 0.4) is 0 Å². The largest absolute Gasteiger partial charge is 0.487 e. The van der Waals surface area contributed by atoms with Gasteiger partial charge in [-0.3, -0.25) is 9.58 Å². The Kier molecular flexibility index (Phi) is 19.5. The number of nitrogens with zero attached hydrogens (tertiary/aromatic N) is 8. The van der Waals surface area contributed by atoms with Crippen LogP contribution in [0, 0.1) is 0 Å². The molecule has 0 radical (unpaired) electrons.